The molecule has 1 atom stereocenters. The lowest BCUT2D eigenvalue weighted by Crippen LogP contribution is -2.21. The molecule has 0 aliphatic heterocycles. The quantitative estimate of drug-likeness (QED) is 0.868. The lowest BCUT2D eigenvalue weighted by molar-refractivity contribution is 0.0871. The van der Waals surface area contributed by atoms with Gasteiger partial charge in [-0.2, -0.15) is 15.6 Å². The van der Waals surface area contributed by atoms with Crippen LogP contribution in [0.2, 0.25) is 0 Å². The summed E-state index contributed by atoms with van der Waals surface area (Å²) in [6.45, 7) is 3.54. The van der Waals surface area contributed by atoms with Crippen molar-refractivity contribution in [1.29, 1.82) is 10.5 Å². The van der Waals surface area contributed by atoms with Crippen molar-refractivity contribution in [1.82, 2.24) is 9.78 Å². The summed E-state index contributed by atoms with van der Waals surface area (Å²) in [4.78, 5) is 12.5. The molecule has 23 heavy (non-hydrogen) atoms. The van der Waals surface area contributed by atoms with E-state index in [9.17, 15) is 19.7 Å². The lowest BCUT2D eigenvalue weighted by atomic mass is 9.85. The Labute approximate surface area is 133 Å². The number of hydrogen-bond acceptors (Lipinski definition) is 4. The third-order valence-electron chi connectivity index (χ3n) is 3.62. The van der Waals surface area contributed by atoms with Crippen molar-refractivity contribution >= 4 is 5.91 Å². The highest BCUT2D eigenvalue weighted by Crippen LogP contribution is 2.28. The molecular weight excluding hydrogens is 295 g/mol. The van der Waals surface area contributed by atoms with Gasteiger partial charge in [0.2, 0.25) is 5.91 Å². The molecule has 0 aliphatic rings. The van der Waals surface area contributed by atoms with Gasteiger partial charge in [0, 0.05) is 18.0 Å². The monoisotopic (exact) mass is 310 g/mol. The smallest absolute Gasteiger partial charge is 0.247 e. The number of halogens is 1. The SMILES string of the molecule is Cc1cc(C)n(C(=O)CC(c2ccc(F)cc2)C(C#N)C#N)n1. The molecule has 2 aromatic rings. The van der Waals surface area contributed by atoms with E-state index in [1.54, 1.807) is 19.9 Å². The van der Waals surface area contributed by atoms with Crippen LogP contribution in [0.3, 0.4) is 0 Å². The first kappa shape index (κ1) is 16.4. The normalized spacial score (nSPS) is 11.7. The van der Waals surface area contributed by atoms with E-state index in [0.29, 0.717) is 17.0 Å². The maximum atomic E-state index is 13.1. The molecular formula is C17H15FN4O. The zero-order valence-corrected chi connectivity index (χ0v) is 12.8. The van der Waals surface area contributed by atoms with E-state index in [0.717, 1.165) is 0 Å². The third kappa shape index (κ3) is 3.61. The maximum absolute atomic E-state index is 13.1. The van der Waals surface area contributed by atoms with Gasteiger partial charge in [0.15, 0.2) is 0 Å². The van der Waals surface area contributed by atoms with Crippen LogP contribution >= 0.6 is 0 Å². The Kier molecular flexibility index (Phi) is 4.88. The highest BCUT2D eigenvalue weighted by molar-refractivity contribution is 5.79. The van der Waals surface area contributed by atoms with Gasteiger partial charge in [-0.05, 0) is 37.6 Å². The van der Waals surface area contributed by atoms with Crippen molar-refractivity contribution in [3.8, 4) is 12.1 Å². The Balaban J connectivity index is 2.33. The fourth-order valence-electron chi connectivity index (χ4n) is 2.50. The highest BCUT2D eigenvalue weighted by atomic mass is 19.1. The highest BCUT2D eigenvalue weighted by Gasteiger charge is 2.27. The summed E-state index contributed by atoms with van der Waals surface area (Å²) in [6, 6.07) is 11.1. The summed E-state index contributed by atoms with van der Waals surface area (Å²) in [5.74, 6) is -2.35. The lowest BCUT2D eigenvalue weighted by Gasteiger charge is -2.17. The molecule has 0 radical (unpaired) electrons. The van der Waals surface area contributed by atoms with E-state index in [1.807, 2.05) is 12.1 Å². The van der Waals surface area contributed by atoms with Crippen LogP contribution in [0.25, 0.3) is 0 Å². The number of rotatable bonds is 4. The van der Waals surface area contributed by atoms with Crippen LogP contribution in [0.15, 0.2) is 30.3 Å². The molecule has 0 saturated heterocycles. The molecule has 1 heterocycles. The second-order valence-corrected chi connectivity index (χ2v) is 5.33. The van der Waals surface area contributed by atoms with Crippen molar-refractivity contribution in [3.63, 3.8) is 0 Å². The summed E-state index contributed by atoms with van der Waals surface area (Å²) in [5, 5.41) is 22.5. The van der Waals surface area contributed by atoms with Crippen LogP contribution in [0, 0.1) is 48.2 Å². The fourth-order valence-corrected chi connectivity index (χ4v) is 2.50. The molecule has 0 aliphatic carbocycles. The molecule has 1 aromatic carbocycles. The first-order chi connectivity index (χ1) is 11.0. The molecule has 0 bridgehead atoms. The number of hydrogen-bond donors (Lipinski definition) is 0. The molecule has 1 aromatic heterocycles. The zero-order valence-electron chi connectivity index (χ0n) is 12.8. The second kappa shape index (κ2) is 6.85. The fraction of sp³-hybridized carbons (Fsp3) is 0.294. The van der Waals surface area contributed by atoms with Crippen LogP contribution < -0.4 is 0 Å². The summed E-state index contributed by atoms with van der Waals surface area (Å²) >= 11 is 0. The number of carbonyl (C=O) groups excluding carboxylic acids is 1. The van der Waals surface area contributed by atoms with E-state index in [1.165, 1.54) is 28.9 Å². The van der Waals surface area contributed by atoms with Crippen LogP contribution in [-0.4, -0.2) is 15.7 Å². The van der Waals surface area contributed by atoms with Crippen LogP contribution in [0.5, 0.6) is 0 Å². The molecule has 0 fully saturated rings. The van der Waals surface area contributed by atoms with E-state index in [2.05, 4.69) is 5.10 Å². The van der Waals surface area contributed by atoms with Crippen LogP contribution in [-0.2, 0) is 0 Å². The Hall–Kier alpha value is -2.99. The summed E-state index contributed by atoms with van der Waals surface area (Å²) in [5.41, 5.74) is 1.98. The predicted molar refractivity (Wildman–Crippen MR) is 80.8 cm³/mol. The zero-order chi connectivity index (χ0) is 17.0. The van der Waals surface area contributed by atoms with Gasteiger partial charge in [0.1, 0.15) is 11.7 Å². The van der Waals surface area contributed by atoms with Crippen molar-refractivity contribution in [2.75, 3.05) is 0 Å². The summed E-state index contributed by atoms with van der Waals surface area (Å²) in [6.07, 6.45) is -0.0562. The molecule has 0 spiro atoms. The number of nitriles is 2. The molecule has 2 rings (SSSR count). The Bertz CT molecular complexity index is 781. The minimum absolute atomic E-state index is 0.0562. The maximum Gasteiger partial charge on any atom is 0.247 e. The predicted octanol–water partition coefficient (Wildman–Crippen LogP) is 3.12. The van der Waals surface area contributed by atoms with E-state index in [-0.39, 0.29) is 12.3 Å². The van der Waals surface area contributed by atoms with Gasteiger partial charge >= 0.3 is 0 Å². The third-order valence-corrected chi connectivity index (χ3v) is 3.62. The van der Waals surface area contributed by atoms with Gasteiger partial charge in [0.25, 0.3) is 0 Å². The largest absolute Gasteiger partial charge is 0.273 e. The number of aromatic nitrogens is 2. The molecule has 0 amide bonds. The van der Waals surface area contributed by atoms with Gasteiger partial charge in [-0.15, -0.1) is 0 Å². The molecule has 6 heteroatoms. The van der Waals surface area contributed by atoms with Gasteiger partial charge in [-0.25, -0.2) is 9.07 Å². The van der Waals surface area contributed by atoms with Crippen LogP contribution in [0.1, 0.15) is 34.1 Å². The van der Waals surface area contributed by atoms with Gasteiger partial charge in [0.05, 0.1) is 17.8 Å². The molecule has 1 unspecified atom stereocenters. The molecule has 0 N–H and O–H groups in total. The van der Waals surface area contributed by atoms with E-state index in [4.69, 9.17) is 0 Å². The summed E-state index contributed by atoms with van der Waals surface area (Å²) in [7, 11) is 0. The first-order valence-corrected chi connectivity index (χ1v) is 7.07. The minimum atomic E-state index is -0.999. The van der Waals surface area contributed by atoms with Crippen molar-refractivity contribution < 1.29 is 9.18 Å². The van der Waals surface area contributed by atoms with Gasteiger partial charge in [-0.1, -0.05) is 12.1 Å². The standard InChI is InChI=1S/C17H15FN4O/c1-11-7-12(2)22(21-11)17(23)8-16(14(9-19)10-20)13-3-5-15(18)6-4-13/h3-7,14,16H,8H2,1-2H3. The topological polar surface area (TPSA) is 82.5 Å². The summed E-state index contributed by atoms with van der Waals surface area (Å²) < 4.78 is 14.4. The molecule has 5 nitrogen and oxygen atoms in total. The number of nitrogens with zero attached hydrogens (tertiary/aromatic N) is 4. The van der Waals surface area contributed by atoms with Crippen LogP contribution in [0.4, 0.5) is 4.39 Å². The average Bonchev–Trinajstić information content (AvgIpc) is 2.87. The van der Waals surface area contributed by atoms with Gasteiger partial charge in [-0.3, -0.25) is 4.79 Å². The van der Waals surface area contributed by atoms with Crippen molar-refractivity contribution in [2.45, 2.75) is 26.2 Å². The minimum Gasteiger partial charge on any atom is -0.273 e. The van der Waals surface area contributed by atoms with Crippen molar-refractivity contribution in [2.24, 2.45) is 5.92 Å². The van der Waals surface area contributed by atoms with Crippen molar-refractivity contribution in [3.05, 3.63) is 53.1 Å². The first-order valence-electron chi connectivity index (χ1n) is 7.07. The second-order valence-electron chi connectivity index (χ2n) is 5.33. The Morgan fingerprint density at radius 2 is 1.87 bits per heavy atom. The van der Waals surface area contributed by atoms with Gasteiger partial charge < -0.3 is 0 Å². The Morgan fingerprint density at radius 3 is 2.35 bits per heavy atom. The number of benzene rings is 1. The molecule has 116 valence electrons. The average molecular weight is 310 g/mol. The number of aryl methyl sites for hydroxylation is 2. The number of carbonyl (C=O) groups is 1. The van der Waals surface area contributed by atoms with E-state index < -0.39 is 17.7 Å². The Morgan fingerprint density at radius 1 is 1.26 bits per heavy atom. The van der Waals surface area contributed by atoms with E-state index >= 15 is 0 Å². The molecule has 0 saturated carbocycles.